The molecule has 18 heavy (non-hydrogen) atoms. The minimum atomic E-state index is -0.448. The van der Waals surface area contributed by atoms with Gasteiger partial charge < -0.3 is 10.3 Å². The van der Waals surface area contributed by atoms with Gasteiger partial charge >= 0.3 is 0 Å². The number of rotatable bonds is 2. The molecule has 1 amide bonds. The number of hydrogen-bond acceptors (Lipinski definition) is 2. The Morgan fingerprint density at radius 1 is 1.33 bits per heavy atom. The molecule has 0 aliphatic heterocycles. The van der Waals surface area contributed by atoms with Gasteiger partial charge in [-0.1, -0.05) is 17.7 Å². The highest BCUT2D eigenvalue weighted by Gasteiger charge is 2.13. The third kappa shape index (κ3) is 2.60. The Labute approximate surface area is 109 Å². The lowest BCUT2D eigenvalue weighted by Crippen LogP contribution is -2.24. The van der Waals surface area contributed by atoms with Crippen LogP contribution in [0.15, 0.2) is 41.3 Å². The lowest BCUT2D eigenvalue weighted by atomic mass is 10.1. The fraction of sp³-hybridized carbons (Fsp3) is 0.0769. The molecule has 2 N–H and O–H groups in total. The van der Waals surface area contributed by atoms with Crippen LogP contribution in [-0.4, -0.2) is 10.9 Å². The normalized spacial score (nSPS) is 10.1. The predicted octanol–water partition coefficient (Wildman–Crippen LogP) is 2.59. The van der Waals surface area contributed by atoms with Gasteiger partial charge in [0.15, 0.2) is 0 Å². The van der Waals surface area contributed by atoms with Crippen molar-refractivity contribution < 1.29 is 4.79 Å². The summed E-state index contributed by atoms with van der Waals surface area (Å²) in [5.41, 5.74) is 0.875. The fourth-order valence-corrected chi connectivity index (χ4v) is 1.81. The summed E-state index contributed by atoms with van der Waals surface area (Å²) in [7, 11) is 0. The molecular weight excluding hydrogens is 252 g/mol. The summed E-state index contributed by atoms with van der Waals surface area (Å²) in [4.78, 5) is 26.1. The maximum absolute atomic E-state index is 12.0. The Morgan fingerprint density at radius 2 is 2.11 bits per heavy atom. The third-order valence-corrected chi connectivity index (χ3v) is 2.71. The van der Waals surface area contributed by atoms with E-state index in [1.165, 1.54) is 6.20 Å². The van der Waals surface area contributed by atoms with E-state index in [9.17, 15) is 9.59 Å². The Hall–Kier alpha value is -2.07. The molecule has 0 radical (unpaired) electrons. The van der Waals surface area contributed by atoms with Crippen LogP contribution in [0.2, 0.25) is 5.02 Å². The number of H-pyrrole nitrogens is 1. The molecule has 2 aromatic rings. The van der Waals surface area contributed by atoms with E-state index < -0.39 is 11.5 Å². The van der Waals surface area contributed by atoms with Crippen LogP contribution >= 0.6 is 11.6 Å². The van der Waals surface area contributed by atoms with Crippen molar-refractivity contribution in [3.05, 3.63) is 63.0 Å². The number of pyridine rings is 1. The molecule has 1 aromatic carbocycles. The van der Waals surface area contributed by atoms with Crippen LogP contribution in [-0.2, 0) is 0 Å². The Bertz CT molecular complexity index is 649. The smallest absolute Gasteiger partial charge is 0.261 e. The zero-order valence-electron chi connectivity index (χ0n) is 9.66. The minimum absolute atomic E-state index is 0.109. The van der Waals surface area contributed by atoms with E-state index in [2.05, 4.69) is 10.3 Å². The van der Waals surface area contributed by atoms with Gasteiger partial charge in [-0.15, -0.1) is 0 Å². The monoisotopic (exact) mass is 262 g/mol. The van der Waals surface area contributed by atoms with E-state index in [1.54, 1.807) is 37.3 Å². The van der Waals surface area contributed by atoms with E-state index in [0.717, 1.165) is 0 Å². The van der Waals surface area contributed by atoms with E-state index in [-0.39, 0.29) is 5.56 Å². The molecule has 92 valence electrons. The molecule has 0 unspecified atom stereocenters. The third-order valence-electron chi connectivity index (χ3n) is 2.48. The molecular formula is C13H11ClN2O2. The van der Waals surface area contributed by atoms with Gasteiger partial charge in [-0.2, -0.15) is 0 Å². The molecule has 4 nitrogen and oxygen atoms in total. The fourth-order valence-electron chi connectivity index (χ4n) is 1.62. The zero-order valence-corrected chi connectivity index (χ0v) is 10.4. The van der Waals surface area contributed by atoms with Crippen molar-refractivity contribution >= 4 is 23.2 Å². The summed E-state index contributed by atoms with van der Waals surface area (Å²) in [6.45, 7) is 1.71. The molecule has 0 saturated carbocycles. The number of anilines is 1. The largest absolute Gasteiger partial charge is 0.328 e. The lowest BCUT2D eigenvalue weighted by Gasteiger charge is -2.06. The van der Waals surface area contributed by atoms with Crippen molar-refractivity contribution in [2.75, 3.05) is 5.32 Å². The van der Waals surface area contributed by atoms with Crippen LogP contribution in [0.1, 0.15) is 15.9 Å². The van der Waals surface area contributed by atoms with Crippen LogP contribution in [0.3, 0.4) is 0 Å². The topological polar surface area (TPSA) is 62.0 Å². The minimum Gasteiger partial charge on any atom is -0.328 e. The van der Waals surface area contributed by atoms with Gasteiger partial charge in [-0.25, -0.2) is 0 Å². The van der Waals surface area contributed by atoms with Crippen molar-refractivity contribution in [1.82, 2.24) is 4.98 Å². The van der Waals surface area contributed by atoms with Crippen molar-refractivity contribution in [3.8, 4) is 0 Å². The van der Waals surface area contributed by atoms with Crippen LogP contribution in [0.5, 0.6) is 0 Å². The molecule has 0 saturated heterocycles. The van der Waals surface area contributed by atoms with E-state index in [4.69, 9.17) is 11.6 Å². The quantitative estimate of drug-likeness (QED) is 0.874. The Kier molecular flexibility index (Phi) is 3.48. The Balaban J connectivity index is 2.31. The summed E-state index contributed by atoms with van der Waals surface area (Å²) >= 11 is 5.82. The number of aromatic amines is 1. The maximum atomic E-state index is 12.0. The van der Waals surface area contributed by atoms with E-state index in [0.29, 0.717) is 16.3 Å². The second-order valence-corrected chi connectivity index (χ2v) is 4.27. The lowest BCUT2D eigenvalue weighted by molar-refractivity contribution is 0.102. The predicted molar refractivity (Wildman–Crippen MR) is 71.2 cm³/mol. The average molecular weight is 263 g/mol. The summed E-state index contributed by atoms with van der Waals surface area (Å²) in [5.74, 6) is -0.448. The van der Waals surface area contributed by atoms with Gasteiger partial charge in [0, 0.05) is 16.9 Å². The molecule has 0 atom stereocenters. The van der Waals surface area contributed by atoms with Gasteiger partial charge in [-0.05, 0) is 36.8 Å². The molecule has 0 fully saturated rings. The van der Waals surface area contributed by atoms with Crippen LogP contribution in [0, 0.1) is 6.92 Å². The van der Waals surface area contributed by atoms with Gasteiger partial charge in [0.05, 0.1) is 0 Å². The van der Waals surface area contributed by atoms with Crippen molar-refractivity contribution in [2.24, 2.45) is 0 Å². The van der Waals surface area contributed by atoms with Crippen LogP contribution in [0.4, 0.5) is 5.69 Å². The van der Waals surface area contributed by atoms with Crippen molar-refractivity contribution in [1.29, 1.82) is 0 Å². The highest BCUT2D eigenvalue weighted by Crippen LogP contribution is 2.15. The SMILES string of the molecule is Cc1cc[nH]c(=O)c1C(=O)Nc1cccc(Cl)c1. The highest BCUT2D eigenvalue weighted by molar-refractivity contribution is 6.30. The summed E-state index contributed by atoms with van der Waals surface area (Å²) in [6.07, 6.45) is 1.51. The zero-order chi connectivity index (χ0) is 13.1. The number of carbonyl (C=O) groups excluding carboxylic acids is 1. The first-order valence-electron chi connectivity index (χ1n) is 5.33. The number of amides is 1. The van der Waals surface area contributed by atoms with E-state index in [1.807, 2.05) is 0 Å². The maximum Gasteiger partial charge on any atom is 0.261 e. The van der Waals surface area contributed by atoms with Crippen LogP contribution < -0.4 is 10.9 Å². The van der Waals surface area contributed by atoms with Gasteiger partial charge in [0.1, 0.15) is 5.56 Å². The number of benzene rings is 1. The number of aryl methyl sites for hydroxylation is 1. The highest BCUT2D eigenvalue weighted by atomic mass is 35.5. The number of halogens is 1. The number of hydrogen-bond donors (Lipinski definition) is 2. The molecule has 2 rings (SSSR count). The molecule has 0 bridgehead atoms. The molecule has 0 aliphatic rings. The molecule has 0 aliphatic carbocycles. The summed E-state index contributed by atoms with van der Waals surface area (Å²) in [5, 5.41) is 3.16. The van der Waals surface area contributed by atoms with Crippen molar-refractivity contribution in [2.45, 2.75) is 6.92 Å². The molecule has 1 aromatic heterocycles. The second-order valence-electron chi connectivity index (χ2n) is 3.83. The second kappa shape index (κ2) is 5.06. The summed E-state index contributed by atoms with van der Waals surface area (Å²) < 4.78 is 0. The standard InChI is InChI=1S/C13H11ClN2O2/c1-8-5-6-15-12(17)11(8)13(18)16-10-4-2-3-9(14)7-10/h2-7H,1H3,(H,15,17)(H,16,18). The van der Waals surface area contributed by atoms with Gasteiger partial charge in [0.25, 0.3) is 11.5 Å². The Morgan fingerprint density at radius 3 is 2.78 bits per heavy atom. The first kappa shape index (κ1) is 12.4. The molecule has 5 heteroatoms. The van der Waals surface area contributed by atoms with Gasteiger partial charge in [0.2, 0.25) is 0 Å². The molecule has 1 heterocycles. The summed E-state index contributed by atoms with van der Waals surface area (Å²) in [6, 6.07) is 8.42. The first-order chi connectivity index (χ1) is 8.58. The van der Waals surface area contributed by atoms with Crippen molar-refractivity contribution in [3.63, 3.8) is 0 Å². The first-order valence-corrected chi connectivity index (χ1v) is 5.71. The number of carbonyl (C=O) groups is 1. The van der Waals surface area contributed by atoms with Gasteiger partial charge in [-0.3, -0.25) is 9.59 Å². The average Bonchev–Trinajstić information content (AvgIpc) is 2.28. The number of aromatic nitrogens is 1. The number of nitrogens with one attached hydrogen (secondary N) is 2. The molecule has 0 spiro atoms. The van der Waals surface area contributed by atoms with Crippen LogP contribution in [0.25, 0.3) is 0 Å². The van der Waals surface area contributed by atoms with E-state index >= 15 is 0 Å².